The molecule has 1 fully saturated rings. The van der Waals surface area contributed by atoms with Gasteiger partial charge in [-0.3, -0.25) is 4.79 Å². The predicted octanol–water partition coefficient (Wildman–Crippen LogP) is 4.27. The molecular weight excluding hydrogens is 340 g/mol. The molecule has 1 amide bonds. The molecule has 0 saturated carbocycles. The Kier molecular flexibility index (Phi) is 6.25. The molecule has 1 aliphatic rings. The summed E-state index contributed by atoms with van der Waals surface area (Å²) in [5.74, 6) is 1.16. The van der Waals surface area contributed by atoms with Gasteiger partial charge in [0.05, 0.1) is 5.25 Å². The van der Waals surface area contributed by atoms with Gasteiger partial charge in [-0.25, -0.2) is 0 Å². The molecule has 1 atom stereocenters. The number of aryl methyl sites for hydroxylation is 2. The zero-order chi connectivity index (χ0) is 18.5. The second-order valence-corrected chi connectivity index (χ2v) is 8.43. The lowest BCUT2D eigenvalue weighted by molar-refractivity contribution is -0.130. The van der Waals surface area contributed by atoms with E-state index in [4.69, 9.17) is 0 Å². The number of anilines is 1. The summed E-state index contributed by atoms with van der Waals surface area (Å²) in [6, 6.07) is 17.1. The number of hydrogen-bond donors (Lipinski definition) is 0. The van der Waals surface area contributed by atoms with Crippen molar-refractivity contribution in [3.63, 3.8) is 0 Å². The molecule has 0 spiro atoms. The molecule has 0 radical (unpaired) electrons. The first kappa shape index (κ1) is 18.8. The summed E-state index contributed by atoms with van der Waals surface area (Å²) in [5.41, 5.74) is 5.13. The van der Waals surface area contributed by atoms with Crippen molar-refractivity contribution >= 4 is 23.4 Å². The number of para-hydroxylation sites is 1. The summed E-state index contributed by atoms with van der Waals surface area (Å²) in [5, 5.41) is -0.000839. The standard InChI is InChI=1S/C22H28N2OS/c1-17-13-18(2)15-20(14-17)16-26-19(3)22(25)24-11-9-23(10-12-24)21-7-5-4-6-8-21/h4-8,13-15,19H,9-12,16H2,1-3H3. The number of hydrogen-bond acceptors (Lipinski definition) is 3. The Morgan fingerprint density at radius 1 is 1.00 bits per heavy atom. The molecule has 0 bridgehead atoms. The third kappa shape index (κ3) is 4.82. The Balaban J connectivity index is 1.50. The molecule has 0 aromatic heterocycles. The number of carbonyl (C=O) groups is 1. The summed E-state index contributed by atoms with van der Waals surface area (Å²) < 4.78 is 0. The van der Waals surface area contributed by atoms with Gasteiger partial charge in [0.15, 0.2) is 0 Å². The molecule has 4 heteroatoms. The first-order chi connectivity index (χ1) is 12.5. The van der Waals surface area contributed by atoms with E-state index in [1.54, 1.807) is 11.8 Å². The van der Waals surface area contributed by atoms with Crippen LogP contribution < -0.4 is 4.90 Å². The van der Waals surface area contributed by atoms with Crippen LogP contribution in [-0.4, -0.2) is 42.2 Å². The van der Waals surface area contributed by atoms with Crippen LogP contribution in [0.4, 0.5) is 5.69 Å². The molecule has 2 aromatic rings. The Morgan fingerprint density at radius 2 is 1.62 bits per heavy atom. The molecule has 3 rings (SSSR count). The van der Waals surface area contributed by atoms with Crippen LogP contribution in [0.25, 0.3) is 0 Å². The molecule has 1 aliphatic heterocycles. The molecule has 1 saturated heterocycles. The van der Waals surface area contributed by atoms with Crippen LogP contribution in [0.5, 0.6) is 0 Å². The van der Waals surface area contributed by atoms with Crippen molar-refractivity contribution in [3.05, 3.63) is 65.2 Å². The molecule has 0 N–H and O–H groups in total. The minimum absolute atomic E-state index is 0.000839. The van der Waals surface area contributed by atoms with Gasteiger partial charge < -0.3 is 9.80 Å². The van der Waals surface area contributed by atoms with Crippen molar-refractivity contribution in [3.8, 4) is 0 Å². The first-order valence-electron chi connectivity index (χ1n) is 9.30. The van der Waals surface area contributed by atoms with E-state index in [-0.39, 0.29) is 11.2 Å². The third-order valence-corrected chi connectivity index (χ3v) is 6.04. The number of benzene rings is 2. The Bertz CT molecular complexity index is 719. The smallest absolute Gasteiger partial charge is 0.235 e. The second-order valence-electron chi connectivity index (χ2n) is 7.10. The van der Waals surface area contributed by atoms with Gasteiger partial charge >= 0.3 is 0 Å². The lowest BCUT2D eigenvalue weighted by Gasteiger charge is -2.37. The fourth-order valence-electron chi connectivity index (χ4n) is 3.53. The van der Waals surface area contributed by atoms with Gasteiger partial charge in [-0.15, -0.1) is 11.8 Å². The molecule has 138 valence electrons. The van der Waals surface area contributed by atoms with Gasteiger partial charge in [0.1, 0.15) is 0 Å². The second kappa shape index (κ2) is 8.63. The van der Waals surface area contributed by atoms with E-state index in [1.165, 1.54) is 22.4 Å². The van der Waals surface area contributed by atoms with Crippen LogP contribution in [0.1, 0.15) is 23.6 Å². The van der Waals surface area contributed by atoms with Crippen molar-refractivity contribution in [1.82, 2.24) is 4.90 Å². The summed E-state index contributed by atoms with van der Waals surface area (Å²) in [6.45, 7) is 9.72. The Hall–Kier alpha value is -1.94. The van der Waals surface area contributed by atoms with E-state index in [9.17, 15) is 4.79 Å². The summed E-state index contributed by atoms with van der Waals surface area (Å²) in [7, 11) is 0. The monoisotopic (exact) mass is 368 g/mol. The maximum atomic E-state index is 12.8. The third-order valence-electron chi connectivity index (χ3n) is 4.84. The average Bonchev–Trinajstić information content (AvgIpc) is 2.65. The lowest BCUT2D eigenvalue weighted by atomic mass is 10.1. The van der Waals surface area contributed by atoms with Crippen molar-refractivity contribution < 1.29 is 4.79 Å². The van der Waals surface area contributed by atoms with E-state index in [2.05, 4.69) is 61.2 Å². The largest absolute Gasteiger partial charge is 0.368 e. The van der Waals surface area contributed by atoms with E-state index < -0.39 is 0 Å². The van der Waals surface area contributed by atoms with E-state index in [0.29, 0.717) is 0 Å². The molecular formula is C22H28N2OS. The lowest BCUT2D eigenvalue weighted by Crippen LogP contribution is -2.50. The number of nitrogens with zero attached hydrogens (tertiary/aromatic N) is 2. The minimum atomic E-state index is -0.000839. The Labute approximate surface area is 161 Å². The van der Waals surface area contributed by atoms with E-state index >= 15 is 0 Å². The van der Waals surface area contributed by atoms with Crippen molar-refractivity contribution in [2.45, 2.75) is 31.8 Å². The van der Waals surface area contributed by atoms with Gasteiger partial charge in [-0.05, 0) is 38.5 Å². The van der Waals surface area contributed by atoms with Crippen molar-refractivity contribution in [1.29, 1.82) is 0 Å². The number of thioether (sulfide) groups is 1. The highest BCUT2D eigenvalue weighted by atomic mass is 32.2. The normalized spacial score (nSPS) is 15.8. The SMILES string of the molecule is Cc1cc(C)cc(CSC(C)C(=O)N2CCN(c3ccccc3)CC2)c1. The fraction of sp³-hybridized carbons (Fsp3) is 0.409. The van der Waals surface area contributed by atoms with Gasteiger partial charge in [0.25, 0.3) is 0 Å². The molecule has 3 nitrogen and oxygen atoms in total. The molecule has 26 heavy (non-hydrogen) atoms. The van der Waals surface area contributed by atoms with E-state index in [1.807, 2.05) is 17.9 Å². The van der Waals surface area contributed by atoms with Crippen LogP contribution in [0, 0.1) is 13.8 Å². The number of piperazine rings is 1. The van der Waals surface area contributed by atoms with Crippen LogP contribution >= 0.6 is 11.8 Å². The average molecular weight is 369 g/mol. The highest BCUT2D eigenvalue weighted by molar-refractivity contribution is 7.99. The van der Waals surface area contributed by atoms with Crippen molar-refractivity contribution in [2.75, 3.05) is 31.1 Å². The molecule has 2 aromatic carbocycles. The quantitative estimate of drug-likeness (QED) is 0.787. The van der Waals surface area contributed by atoms with Crippen LogP contribution in [0.15, 0.2) is 48.5 Å². The topological polar surface area (TPSA) is 23.6 Å². The number of rotatable bonds is 5. The molecule has 1 unspecified atom stereocenters. The minimum Gasteiger partial charge on any atom is -0.368 e. The predicted molar refractivity (Wildman–Crippen MR) is 112 cm³/mol. The zero-order valence-corrected chi connectivity index (χ0v) is 16.8. The highest BCUT2D eigenvalue weighted by Crippen LogP contribution is 2.22. The van der Waals surface area contributed by atoms with E-state index in [0.717, 1.165) is 31.9 Å². The zero-order valence-electron chi connectivity index (χ0n) is 15.9. The first-order valence-corrected chi connectivity index (χ1v) is 10.4. The van der Waals surface area contributed by atoms with Gasteiger partial charge in [0, 0.05) is 37.6 Å². The summed E-state index contributed by atoms with van der Waals surface area (Å²) in [6.07, 6.45) is 0. The highest BCUT2D eigenvalue weighted by Gasteiger charge is 2.25. The molecule has 0 aliphatic carbocycles. The Morgan fingerprint density at radius 3 is 2.23 bits per heavy atom. The summed E-state index contributed by atoms with van der Waals surface area (Å²) >= 11 is 1.74. The number of amides is 1. The number of carbonyl (C=O) groups excluding carboxylic acids is 1. The molecule has 1 heterocycles. The maximum Gasteiger partial charge on any atom is 0.235 e. The van der Waals surface area contributed by atoms with Crippen molar-refractivity contribution in [2.24, 2.45) is 0 Å². The van der Waals surface area contributed by atoms with Crippen LogP contribution in [0.2, 0.25) is 0 Å². The van der Waals surface area contributed by atoms with Gasteiger partial charge in [-0.1, -0.05) is 47.5 Å². The van der Waals surface area contributed by atoms with Crippen LogP contribution in [0.3, 0.4) is 0 Å². The summed E-state index contributed by atoms with van der Waals surface area (Å²) in [4.78, 5) is 17.2. The van der Waals surface area contributed by atoms with Crippen LogP contribution in [-0.2, 0) is 10.5 Å². The maximum absolute atomic E-state index is 12.8. The fourth-order valence-corrected chi connectivity index (χ4v) is 4.43. The van der Waals surface area contributed by atoms with Gasteiger partial charge in [0.2, 0.25) is 5.91 Å². The van der Waals surface area contributed by atoms with Gasteiger partial charge in [-0.2, -0.15) is 0 Å².